The fourth-order valence-electron chi connectivity index (χ4n) is 16.4. The number of methoxy groups -OCH3 is 2. The summed E-state index contributed by atoms with van der Waals surface area (Å²) in [7, 11) is -1.62. The first-order valence-corrected chi connectivity index (χ1v) is 39.6. The minimum atomic E-state index is -4.71. The van der Waals surface area contributed by atoms with Crippen LogP contribution in [0.1, 0.15) is 148 Å². The molecule has 2 aromatic heterocycles. The molecule has 5 aromatic rings. The van der Waals surface area contributed by atoms with Crippen LogP contribution in [0, 0.1) is 16.2 Å². The van der Waals surface area contributed by atoms with E-state index in [-0.39, 0.29) is 131 Å². The van der Waals surface area contributed by atoms with E-state index >= 15 is 0 Å². The Hall–Kier alpha value is -9.68. The molecule has 3 unspecified atom stereocenters. The Kier molecular flexibility index (Phi) is 28.2. The van der Waals surface area contributed by atoms with Crippen LogP contribution in [0.15, 0.2) is 90.1 Å². The lowest BCUT2D eigenvalue weighted by atomic mass is 9.48. The number of hydrogen-bond acceptors (Lipinski definition) is 25. The van der Waals surface area contributed by atoms with E-state index in [1.54, 1.807) is 50.4 Å². The normalized spacial score (nSPS) is 21.9. The first-order valence-electron chi connectivity index (χ1n) is 37.2. The summed E-state index contributed by atoms with van der Waals surface area (Å²) in [5.74, 6) is -5.05. The Morgan fingerprint density at radius 3 is 2.34 bits per heavy atom. The summed E-state index contributed by atoms with van der Waals surface area (Å²) < 4.78 is 81.8. The van der Waals surface area contributed by atoms with E-state index in [2.05, 4.69) is 48.6 Å². The van der Waals surface area contributed by atoms with Crippen LogP contribution in [0.2, 0.25) is 0 Å². The average Bonchev–Trinajstić information content (AvgIpc) is 0.780. The van der Waals surface area contributed by atoms with Crippen molar-refractivity contribution in [2.24, 2.45) is 27.0 Å². The number of fused-ring (bicyclic) bond motifs is 4. The van der Waals surface area contributed by atoms with Crippen LogP contribution in [0.25, 0.3) is 15.8 Å². The number of aliphatic hydroxyl groups is 1. The number of ether oxygens (including phenoxy) is 8. The molecular weight excluding hydrogens is 1490 g/mol. The van der Waals surface area contributed by atoms with E-state index in [1.165, 1.54) is 47.8 Å². The topological polar surface area (TPSA) is 435 Å². The number of carbonyl (C=O) groups is 8. The van der Waals surface area contributed by atoms with Crippen molar-refractivity contribution in [1.29, 1.82) is 0 Å². The van der Waals surface area contributed by atoms with Gasteiger partial charge in [-0.2, -0.15) is 8.42 Å². The minimum Gasteiger partial charge on any atom is -0.496 e. The molecule has 3 fully saturated rings. The lowest BCUT2D eigenvalue weighted by Gasteiger charge is -2.61. The number of para-hydroxylation sites is 1. The van der Waals surface area contributed by atoms with Gasteiger partial charge in [-0.3, -0.25) is 43.7 Å². The molecule has 6 amide bonds. The van der Waals surface area contributed by atoms with Gasteiger partial charge in [0.2, 0.25) is 18.1 Å². The predicted molar refractivity (Wildman–Crippen MR) is 413 cm³/mol. The molecule has 5 aliphatic rings. The van der Waals surface area contributed by atoms with Crippen molar-refractivity contribution < 1.29 is 105 Å². The van der Waals surface area contributed by atoms with E-state index in [4.69, 9.17) is 53.6 Å². The lowest BCUT2D eigenvalue weighted by Crippen LogP contribution is -2.57. The van der Waals surface area contributed by atoms with Crippen molar-refractivity contribution >= 4 is 101 Å². The van der Waals surface area contributed by atoms with Crippen LogP contribution in [-0.4, -0.2) is 224 Å². The number of nitrogens with two attached hydrogens (primary N) is 1. The monoisotopic (exact) mass is 1590 g/mol. The number of anilines is 2. The molecular formula is C78H100N10O22S2. The second-order valence-electron chi connectivity index (χ2n) is 30.5. The smallest absolute Gasteiger partial charge is 0.410 e. The Morgan fingerprint density at radius 1 is 0.857 bits per heavy atom. The highest BCUT2D eigenvalue weighted by Crippen LogP contribution is 2.63. The molecule has 10 rings (SSSR count). The molecule has 3 aromatic carbocycles. The number of carboxylic acids is 2. The lowest BCUT2D eigenvalue weighted by molar-refractivity contribution is -0.195. The number of aliphatic carboxylic acids is 1. The van der Waals surface area contributed by atoms with E-state index in [9.17, 15) is 66.6 Å². The number of benzene rings is 3. The van der Waals surface area contributed by atoms with Crippen LogP contribution in [0.5, 0.6) is 17.2 Å². The van der Waals surface area contributed by atoms with Crippen molar-refractivity contribution in [2.45, 2.75) is 155 Å². The second-order valence-corrected chi connectivity index (χ2v) is 33.0. The van der Waals surface area contributed by atoms with Gasteiger partial charge in [0, 0.05) is 130 Å². The van der Waals surface area contributed by atoms with Gasteiger partial charge < -0.3 is 79.4 Å². The number of amides is 6. The first kappa shape index (κ1) is 84.8. The van der Waals surface area contributed by atoms with Gasteiger partial charge in [0.1, 0.15) is 48.1 Å². The largest absolute Gasteiger partial charge is 0.496 e. The molecule has 2 aliphatic carbocycles. The number of carbonyl (C=O) groups excluding carboxylic acids is 6. The van der Waals surface area contributed by atoms with Crippen molar-refractivity contribution in [3.8, 4) is 17.2 Å². The molecule has 112 heavy (non-hydrogen) atoms. The molecule has 2 bridgehead atoms. The molecule has 1 saturated heterocycles. The van der Waals surface area contributed by atoms with Gasteiger partial charge in [0.05, 0.1) is 55.5 Å². The number of aliphatic imine (C=N–C) groups is 1. The Morgan fingerprint density at radius 2 is 1.62 bits per heavy atom. The number of nitrogens with zero attached hydrogens (tertiary/aromatic N) is 6. The highest BCUT2D eigenvalue weighted by molar-refractivity contribution is 7.85. The van der Waals surface area contributed by atoms with Gasteiger partial charge in [-0.1, -0.05) is 57.6 Å². The standard InChI is InChI=1S/C78H100N10O22S2/c1-48(55(38-79)53-19-21-63(84-68(53)72(97)98)87-27-24-52-56(39-87)54(18-20-59(52)104-7)69(93)85-73-83-57-13-10-11-14-62(57)111-73)81-47-77(5)44-76(4)42-75(2,3)43-78(45-76,46-77)108-32-29-86(28-31-103-6)74(99)107-40-49-16-17-51(37-60(49)109-67-36-50(89)35-61(110-67)71(95)96)106-34-33-105-30-25-80-70(94)58(41-112(100,101)102)82-64(90)15-9-8-12-26-88-65(91)22-23-66(88)92/h10-11,13-14,16-23,37-38,50,58,61,67,89H,8-9,12,15,24-36,39-47,79H2,1-7H3,(H,80,94)(H,82,90)(H,95,96)(H,97,98)(H,83,85,93)(H,100,101,102)/t50-,58-,61-,67+,76?,77?,78?/m0/s1. The molecule has 2 saturated carbocycles. The summed E-state index contributed by atoms with van der Waals surface area (Å²) in [5, 5.41) is 39.5. The number of allylic oxidation sites excluding steroid dienone is 1. The maximum atomic E-state index is 14.3. The summed E-state index contributed by atoms with van der Waals surface area (Å²) in [6.45, 7) is 11.9. The number of carboxylic acid groups (broad SMARTS) is 2. The number of aromatic nitrogens is 2. The molecule has 32 nitrogen and oxygen atoms in total. The highest BCUT2D eigenvalue weighted by atomic mass is 32.2. The molecule has 5 heterocycles. The van der Waals surface area contributed by atoms with Crippen molar-refractivity contribution in [3.05, 3.63) is 119 Å². The SMILES string of the molecule is COCCN(CCOC12CC(C)(C)CC(C)(CC(C)(CN=C(C)C(=CN)c3ccc(N4CCc5c(OC)ccc(C(=O)Nc6nc7ccccc7s6)c5C4)nc3C(=O)O)C1)C2)C(=O)OCc1ccc(OCCOCCNC(=O)[C@H](CS(=O)(=O)O)NC(=O)CCCCCN2C(=O)C=CC2=O)cc1O[C@H]1C[C@@H](O)C[C@@H](C(=O)O)O1. The number of pyridine rings is 1. The zero-order valence-electron chi connectivity index (χ0n) is 64.0. The van der Waals surface area contributed by atoms with Crippen LogP contribution in [-0.2, 0) is 77.3 Å². The molecule has 0 spiro atoms. The maximum absolute atomic E-state index is 14.3. The third-order valence-electron chi connectivity index (χ3n) is 20.4. The minimum absolute atomic E-state index is 0.0315. The van der Waals surface area contributed by atoms with Gasteiger partial charge >= 0.3 is 18.0 Å². The van der Waals surface area contributed by atoms with Crippen molar-refractivity contribution in [3.63, 3.8) is 0 Å². The van der Waals surface area contributed by atoms with Crippen molar-refractivity contribution in [2.75, 3.05) is 102 Å². The van der Waals surface area contributed by atoms with Gasteiger partial charge in [0.25, 0.3) is 27.8 Å². The fourth-order valence-corrected chi connectivity index (χ4v) is 18.0. The Labute approximate surface area is 653 Å². The van der Waals surface area contributed by atoms with Crippen LogP contribution in [0.3, 0.4) is 0 Å². The molecule has 9 N–H and O–H groups in total. The number of aromatic carboxylic acids is 1. The molecule has 34 heteroatoms. The Bertz CT molecular complexity index is 4460. The molecule has 606 valence electrons. The van der Waals surface area contributed by atoms with E-state index in [1.807, 2.05) is 29.2 Å². The van der Waals surface area contributed by atoms with Gasteiger partial charge in [-0.25, -0.2) is 24.4 Å². The molecule has 0 radical (unpaired) electrons. The van der Waals surface area contributed by atoms with E-state index < -0.39 is 93.1 Å². The summed E-state index contributed by atoms with van der Waals surface area (Å²) >= 11 is 1.37. The summed E-state index contributed by atoms with van der Waals surface area (Å²) in [6, 6.07) is 17.6. The molecule has 3 aliphatic heterocycles. The second kappa shape index (κ2) is 37.3. The number of rotatable bonds is 38. The fraction of sp³-hybridized carbons (Fsp3) is 0.526. The molecule has 7 atom stereocenters. The average molecular weight is 1590 g/mol. The summed E-state index contributed by atoms with van der Waals surface area (Å²) in [6.07, 6.45) is 4.41. The van der Waals surface area contributed by atoms with Crippen LogP contribution in [0.4, 0.5) is 15.7 Å². The van der Waals surface area contributed by atoms with E-state index in [0.29, 0.717) is 84.3 Å². The zero-order valence-corrected chi connectivity index (χ0v) is 65.6. The first-order chi connectivity index (χ1) is 53.3. The van der Waals surface area contributed by atoms with Crippen molar-refractivity contribution in [1.82, 2.24) is 30.4 Å². The van der Waals surface area contributed by atoms with Gasteiger partial charge in [-0.05, 0) is 129 Å². The van der Waals surface area contributed by atoms with Crippen LogP contribution < -0.4 is 40.8 Å². The summed E-state index contributed by atoms with van der Waals surface area (Å²) in [5.41, 5.74) is 9.15. The third-order valence-corrected chi connectivity index (χ3v) is 22.1. The number of imide groups is 1. The number of unbranched alkanes of at least 4 members (excludes halogenated alkanes) is 2. The zero-order chi connectivity index (χ0) is 80.7. The van der Waals surface area contributed by atoms with Crippen LogP contribution >= 0.6 is 11.3 Å². The number of aliphatic hydroxyl groups excluding tert-OH is 1. The van der Waals surface area contributed by atoms with Gasteiger partial charge in [-0.15, -0.1) is 0 Å². The predicted octanol–water partition coefficient (Wildman–Crippen LogP) is 7.73. The van der Waals surface area contributed by atoms with Gasteiger partial charge in [0.15, 0.2) is 16.9 Å². The quantitative estimate of drug-likeness (QED) is 0.00810. The maximum Gasteiger partial charge on any atom is 0.410 e. The third kappa shape index (κ3) is 22.6. The number of thiazole rings is 1. The Balaban J connectivity index is 0.747. The van der Waals surface area contributed by atoms with E-state index in [0.717, 1.165) is 51.9 Å². The number of hydrogen-bond donors (Lipinski definition) is 8. The number of nitrogens with one attached hydrogen (secondary N) is 3. The highest BCUT2D eigenvalue weighted by Gasteiger charge is 2.58. The summed E-state index contributed by atoms with van der Waals surface area (Å²) in [4.78, 5) is 122.